The highest BCUT2D eigenvalue weighted by molar-refractivity contribution is 5.18. The highest BCUT2D eigenvalue weighted by Gasteiger charge is 2.15. The van der Waals surface area contributed by atoms with Crippen molar-refractivity contribution in [3.63, 3.8) is 0 Å². The molecule has 1 aromatic carbocycles. The molecule has 0 spiro atoms. The van der Waals surface area contributed by atoms with E-state index in [1.807, 2.05) is 30.8 Å². The molecule has 1 unspecified atom stereocenters. The Kier molecular flexibility index (Phi) is 5.24. The Bertz CT molecular complexity index is 538. The predicted octanol–water partition coefficient (Wildman–Crippen LogP) is 2.06. The van der Waals surface area contributed by atoms with Gasteiger partial charge in [-0.2, -0.15) is 5.10 Å². The van der Waals surface area contributed by atoms with Gasteiger partial charge in [-0.1, -0.05) is 18.2 Å². The first-order valence-electron chi connectivity index (χ1n) is 6.99. The summed E-state index contributed by atoms with van der Waals surface area (Å²) >= 11 is 0. The van der Waals surface area contributed by atoms with E-state index in [4.69, 9.17) is 0 Å². The van der Waals surface area contributed by atoms with Crippen LogP contribution in [-0.4, -0.2) is 28.4 Å². The van der Waals surface area contributed by atoms with Gasteiger partial charge in [-0.25, -0.2) is 9.37 Å². The van der Waals surface area contributed by atoms with Crippen LogP contribution in [0.2, 0.25) is 0 Å². The van der Waals surface area contributed by atoms with Crippen LogP contribution in [0.4, 0.5) is 4.39 Å². The van der Waals surface area contributed by atoms with Gasteiger partial charge in [0.15, 0.2) is 0 Å². The van der Waals surface area contributed by atoms with Crippen molar-refractivity contribution in [3.8, 4) is 0 Å². The van der Waals surface area contributed by atoms with Crippen LogP contribution in [-0.2, 0) is 19.4 Å². The molecule has 1 aromatic heterocycles. The first kappa shape index (κ1) is 14.7. The Labute approximate surface area is 119 Å². The van der Waals surface area contributed by atoms with Gasteiger partial charge in [0.25, 0.3) is 0 Å². The Morgan fingerprint density at radius 3 is 2.80 bits per heavy atom. The third-order valence-corrected chi connectivity index (χ3v) is 3.43. The first-order chi connectivity index (χ1) is 9.74. The predicted molar refractivity (Wildman–Crippen MR) is 76.9 cm³/mol. The van der Waals surface area contributed by atoms with E-state index in [2.05, 4.69) is 15.4 Å². The molecule has 4 nitrogen and oxygen atoms in total. The lowest BCUT2D eigenvalue weighted by molar-refractivity contribution is 0.455. The molecule has 1 N–H and O–H groups in total. The van der Waals surface area contributed by atoms with Gasteiger partial charge in [0.05, 0.1) is 0 Å². The van der Waals surface area contributed by atoms with E-state index in [1.165, 1.54) is 6.07 Å². The van der Waals surface area contributed by atoms with Gasteiger partial charge in [0.2, 0.25) is 0 Å². The topological polar surface area (TPSA) is 42.7 Å². The smallest absolute Gasteiger partial charge is 0.138 e. The molecule has 5 heteroatoms. The van der Waals surface area contributed by atoms with Crippen molar-refractivity contribution < 1.29 is 4.39 Å². The van der Waals surface area contributed by atoms with E-state index in [0.29, 0.717) is 12.3 Å². The third kappa shape index (κ3) is 3.63. The summed E-state index contributed by atoms with van der Waals surface area (Å²) in [5.74, 6) is 1.13. The van der Waals surface area contributed by atoms with Gasteiger partial charge < -0.3 is 5.32 Å². The zero-order chi connectivity index (χ0) is 14.4. The summed E-state index contributed by atoms with van der Waals surface area (Å²) in [7, 11) is 1.92. The second kappa shape index (κ2) is 7.14. The minimum Gasteiger partial charge on any atom is -0.319 e. The molecule has 0 saturated carbocycles. The standard InChI is InChI=1S/C15H21FN4/c1-3-20-15(18-11-19-20)9-12(10-17-2)8-13-6-4-5-7-14(13)16/h4-7,11-12,17H,3,8-10H2,1-2H3. The van der Waals surface area contributed by atoms with Crippen LogP contribution >= 0.6 is 0 Å². The van der Waals surface area contributed by atoms with Crippen molar-refractivity contribution in [1.29, 1.82) is 0 Å². The molecule has 108 valence electrons. The molecule has 0 saturated heterocycles. The molecular weight excluding hydrogens is 255 g/mol. The zero-order valence-corrected chi connectivity index (χ0v) is 12.0. The van der Waals surface area contributed by atoms with Crippen molar-refractivity contribution in [2.24, 2.45) is 5.92 Å². The molecule has 20 heavy (non-hydrogen) atoms. The van der Waals surface area contributed by atoms with E-state index in [0.717, 1.165) is 30.9 Å². The van der Waals surface area contributed by atoms with Crippen LogP contribution in [0.1, 0.15) is 18.3 Å². The Morgan fingerprint density at radius 1 is 1.30 bits per heavy atom. The van der Waals surface area contributed by atoms with Crippen LogP contribution in [0.15, 0.2) is 30.6 Å². The molecule has 0 fully saturated rings. The monoisotopic (exact) mass is 276 g/mol. The molecule has 0 radical (unpaired) electrons. The van der Waals surface area contributed by atoms with Gasteiger partial charge in [-0.3, -0.25) is 4.68 Å². The van der Waals surface area contributed by atoms with E-state index in [-0.39, 0.29) is 5.82 Å². The van der Waals surface area contributed by atoms with Crippen molar-refractivity contribution in [1.82, 2.24) is 20.1 Å². The highest BCUT2D eigenvalue weighted by Crippen LogP contribution is 2.15. The van der Waals surface area contributed by atoms with Gasteiger partial charge in [-0.15, -0.1) is 0 Å². The lowest BCUT2D eigenvalue weighted by atomic mass is 9.95. The number of aryl methyl sites for hydroxylation is 1. The number of hydrogen-bond acceptors (Lipinski definition) is 3. The molecule has 0 amide bonds. The number of nitrogens with one attached hydrogen (secondary N) is 1. The summed E-state index contributed by atoms with van der Waals surface area (Å²) in [6.45, 7) is 3.67. The lowest BCUT2D eigenvalue weighted by Gasteiger charge is -2.17. The number of aromatic nitrogens is 3. The molecule has 0 bridgehead atoms. The summed E-state index contributed by atoms with van der Waals surface area (Å²) in [5.41, 5.74) is 0.760. The quantitative estimate of drug-likeness (QED) is 0.841. The van der Waals surface area contributed by atoms with Crippen LogP contribution in [0.25, 0.3) is 0 Å². The zero-order valence-electron chi connectivity index (χ0n) is 12.0. The molecule has 2 rings (SSSR count). The van der Waals surface area contributed by atoms with Crippen molar-refractivity contribution in [2.45, 2.75) is 26.3 Å². The summed E-state index contributed by atoms with van der Waals surface area (Å²) in [4.78, 5) is 4.30. The largest absolute Gasteiger partial charge is 0.319 e. The average molecular weight is 276 g/mol. The number of halogens is 1. The van der Waals surface area contributed by atoms with Gasteiger partial charge in [0.1, 0.15) is 18.0 Å². The maximum absolute atomic E-state index is 13.8. The summed E-state index contributed by atoms with van der Waals surface area (Å²) in [6.07, 6.45) is 3.07. The number of benzene rings is 1. The second-order valence-corrected chi connectivity index (χ2v) is 4.92. The van der Waals surface area contributed by atoms with E-state index in [9.17, 15) is 4.39 Å². The van der Waals surface area contributed by atoms with Crippen molar-refractivity contribution in [2.75, 3.05) is 13.6 Å². The van der Waals surface area contributed by atoms with E-state index >= 15 is 0 Å². The fraction of sp³-hybridized carbons (Fsp3) is 0.467. The minimum absolute atomic E-state index is 0.134. The summed E-state index contributed by atoms with van der Waals surface area (Å²) in [6, 6.07) is 6.96. The fourth-order valence-corrected chi connectivity index (χ4v) is 2.45. The van der Waals surface area contributed by atoms with Gasteiger partial charge >= 0.3 is 0 Å². The number of nitrogens with zero attached hydrogens (tertiary/aromatic N) is 3. The van der Waals surface area contributed by atoms with Crippen molar-refractivity contribution >= 4 is 0 Å². The molecule has 1 atom stereocenters. The lowest BCUT2D eigenvalue weighted by Crippen LogP contribution is -2.24. The summed E-state index contributed by atoms with van der Waals surface area (Å²) < 4.78 is 15.7. The normalized spacial score (nSPS) is 12.6. The van der Waals surface area contributed by atoms with E-state index < -0.39 is 0 Å². The fourth-order valence-electron chi connectivity index (χ4n) is 2.45. The molecule has 0 aliphatic carbocycles. The Hall–Kier alpha value is -1.75. The second-order valence-electron chi connectivity index (χ2n) is 4.92. The highest BCUT2D eigenvalue weighted by atomic mass is 19.1. The van der Waals surface area contributed by atoms with Crippen molar-refractivity contribution in [3.05, 3.63) is 47.8 Å². The third-order valence-electron chi connectivity index (χ3n) is 3.43. The Balaban J connectivity index is 2.09. The molecular formula is C15H21FN4. The number of hydrogen-bond donors (Lipinski definition) is 1. The molecule has 1 heterocycles. The SMILES string of the molecule is CCn1ncnc1CC(CNC)Cc1ccccc1F. The van der Waals surface area contributed by atoms with Gasteiger partial charge in [0, 0.05) is 13.0 Å². The van der Waals surface area contributed by atoms with E-state index in [1.54, 1.807) is 12.4 Å². The first-order valence-corrected chi connectivity index (χ1v) is 6.99. The molecule has 0 aliphatic rings. The average Bonchev–Trinajstić information content (AvgIpc) is 2.89. The Morgan fingerprint density at radius 2 is 2.10 bits per heavy atom. The van der Waals surface area contributed by atoms with Crippen LogP contribution in [0.3, 0.4) is 0 Å². The summed E-state index contributed by atoms with van der Waals surface area (Å²) in [5, 5.41) is 7.36. The van der Waals surface area contributed by atoms with Crippen LogP contribution in [0.5, 0.6) is 0 Å². The van der Waals surface area contributed by atoms with Gasteiger partial charge in [-0.05, 0) is 44.5 Å². The minimum atomic E-state index is -0.134. The maximum Gasteiger partial charge on any atom is 0.138 e. The number of rotatable bonds is 7. The van der Waals surface area contributed by atoms with Crippen LogP contribution in [0, 0.1) is 11.7 Å². The molecule has 2 aromatic rings. The maximum atomic E-state index is 13.8. The molecule has 0 aliphatic heterocycles. The van der Waals surface area contributed by atoms with Crippen LogP contribution < -0.4 is 5.32 Å².